The lowest BCUT2D eigenvalue weighted by Gasteiger charge is -2.02. The SMILES string of the molecule is NC(=O)Nc1cccnc1N. The monoisotopic (exact) mass is 152 g/mol. The number of hydrogen-bond donors (Lipinski definition) is 3. The summed E-state index contributed by atoms with van der Waals surface area (Å²) in [5, 5.41) is 2.32. The molecular weight excluding hydrogens is 144 g/mol. The topological polar surface area (TPSA) is 94.0 Å². The third kappa shape index (κ3) is 1.82. The van der Waals surface area contributed by atoms with Crippen molar-refractivity contribution < 1.29 is 4.79 Å². The third-order valence-electron chi connectivity index (χ3n) is 1.10. The van der Waals surface area contributed by atoms with Crippen LogP contribution in [0.2, 0.25) is 0 Å². The molecule has 1 rings (SSSR count). The van der Waals surface area contributed by atoms with E-state index in [0.717, 1.165) is 0 Å². The van der Waals surface area contributed by atoms with Crippen LogP contribution in [0.3, 0.4) is 0 Å². The molecule has 11 heavy (non-hydrogen) atoms. The van der Waals surface area contributed by atoms with E-state index in [4.69, 9.17) is 11.5 Å². The second kappa shape index (κ2) is 2.87. The predicted octanol–water partition coefficient (Wildman–Crippen LogP) is 0.154. The summed E-state index contributed by atoms with van der Waals surface area (Å²) in [6.45, 7) is 0. The van der Waals surface area contributed by atoms with Crippen LogP contribution in [-0.4, -0.2) is 11.0 Å². The minimum absolute atomic E-state index is 0.256. The van der Waals surface area contributed by atoms with Crippen LogP contribution < -0.4 is 16.8 Å². The van der Waals surface area contributed by atoms with Crippen molar-refractivity contribution >= 4 is 17.5 Å². The van der Waals surface area contributed by atoms with Crippen LogP contribution in [0.1, 0.15) is 0 Å². The molecule has 0 aliphatic carbocycles. The van der Waals surface area contributed by atoms with Crippen LogP contribution in [0.25, 0.3) is 0 Å². The summed E-state index contributed by atoms with van der Waals surface area (Å²) in [6, 6.07) is 2.62. The van der Waals surface area contributed by atoms with Gasteiger partial charge in [0.25, 0.3) is 0 Å². The predicted molar refractivity (Wildman–Crippen MR) is 41.9 cm³/mol. The zero-order valence-electron chi connectivity index (χ0n) is 5.74. The van der Waals surface area contributed by atoms with Crippen LogP contribution in [-0.2, 0) is 0 Å². The van der Waals surface area contributed by atoms with Crippen molar-refractivity contribution in [3.63, 3.8) is 0 Å². The third-order valence-corrected chi connectivity index (χ3v) is 1.10. The van der Waals surface area contributed by atoms with Gasteiger partial charge in [-0.1, -0.05) is 0 Å². The zero-order valence-corrected chi connectivity index (χ0v) is 5.74. The van der Waals surface area contributed by atoms with Gasteiger partial charge in [-0.3, -0.25) is 0 Å². The summed E-state index contributed by atoms with van der Waals surface area (Å²) >= 11 is 0. The van der Waals surface area contributed by atoms with Gasteiger partial charge in [0.1, 0.15) is 5.82 Å². The Labute approximate surface area is 63.4 Å². The van der Waals surface area contributed by atoms with E-state index in [1.165, 1.54) is 6.20 Å². The Morgan fingerprint density at radius 2 is 2.36 bits per heavy atom. The summed E-state index contributed by atoms with van der Waals surface area (Å²) in [6.07, 6.45) is 1.53. The van der Waals surface area contributed by atoms with Crippen LogP contribution in [0.5, 0.6) is 0 Å². The molecule has 0 atom stereocenters. The van der Waals surface area contributed by atoms with Crippen molar-refractivity contribution in [3.05, 3.63) is 18.3 Å². The standard InChI is InChI=1S/C6H8N4O/c7-5-4(10-6(8)11)2-1-3-9-5/h1-3H,(H2,7,9)(H3,8,10,11). The van der Waals surface area contributed by atoms with E-state index in [1.54, 1.807) is 12.1 Å². The largest absolute Gasteiger partial charge is 0.382 e. The highest BCUT2D eigenvalue weighted by molar-refractivity contribution is 5.90. The number of nitrogen functional groups attached to an aromatic ring is 1. The van der Waals surface area contributed by atoms with Crippen molar-refractivity contribution in [3.8, 4) is 0 Å². The van der Waals surface area contributed by atoms with E-state index >= 15 is 0 Å². The average Bonchev–Trinajstić information content (AvgIpc) is 1.93. The number of carbonyl (C=O) groups is 1. The maximum Gasteiger partial charge on any atom is 0.316 e. The Kier molecular flexibility index (Phi) is 1.91. The minimum Gasteiger partial charge on any atom is -0.382 e. The van der Waals surface area contributed by atoms with E-state index in [1.807, 2.05) is 0 Å². The maximum absolute atomic E-state index is 10.3. The van der Waals surface area contributed by atoms with E-state index in [-0.39, 0.29) is 5.82 Å². The van der Waals surface area contributed by atoms with Gasteiger partial charge in [0.2, 0.25) is 0 Å². The second-order valence-corrected chi connectivity index (χ2v) is 1.93. The number of nitrogens with two attached hydrogens (primary N) is 2. The first-order valence-electron chi connectivity index (χ1n) is 2.97. The molecule has 0 spiro atoms. The molecule has 0 unspecified atom stereocenters. The van der Waals surface area contributed by atoms with Gasteiger partial charge >= 0.3 is 6.03 Å². The average molecular weight is 152 g/mol. The Bertz CT molecular complexity index is 273. The zero-order chi connectivity index (χ0) is 8.27. The van der Waals surface area contributed by atoms with Crippen molar-refractivity contribution in [1.82, 2.24) is 4.98 Å². The van der Waals surface area contributed by atoms with E-state index < -0.39 is 6.03 Å². The molecule has 0 aromatic carbocycles. The van der Waals surface area contributed by atoms with Crippen LogP contribution in [0, 0.1) is 0 Å². The molecule has 2 amide bonds. The molecule has 0 aliphatic heterocycles. The van der Waals surface area contributed by atoms with Gasteiger partial charge in [0.15, 0.2) is 0 Å². The molecule has 58 valence electrons. The lowest BCUT2D eigenvalue weighted by Crippen LogP contribution is -2.20. The summed E-state index contributed by atoms with van der Waals surface area (Å²) in [5.74, 6) is 0.256. The van der Waals surface area contributed by atoms with Crippen molar-refractivity contribution in [2.24, 2.45) is 5.73 Å². The molecule has 5 heteroatoms. The lowest BCUT2D eigenvalue weighted by atomic mass is 10.4. The van der Waals surface area contributed by atoms with E-state index in [0.29, 0.717) is 5.69 Å². The van der Waals surface area contributed by atoms with E-state index in [2.05, 4.69) is 10.3 Å². The number of amides is 2. The molecule has 5 nitrogen and oxygen atoms in total. The smallest absolute Gasteiger partial charge is 0.316 e. The summed E-state index contributed by atoms with van der Waals surface area (Å²) in [7, 11) is 0. The van der Waals surface area contributed by atoms with Crippen LogP contribution >= 0.6 is 0 Å². The first kappa shape index (κ1) is 7.33. The number of rotatable bonds is 1. The Balaban J connectivity index is 2.86. The number of aromatic nitrogens is 1. The molecule has 1 aromatic heterocycles. The highest BCUT2D eigenvalue weighted by Gasteiger charge is 1.99. The Hall–Kier alpha value is -1.78. The highest BCUT2D eigenvalue weighted by Crippen LogP contribution is 2.12. The van der Waals surface area contributed by atoms with Gasteiger partial charge in [-0.2, -0.15) is 0 Å². The molecule has 1 heterocycles. The molecule has 0 aliphatic rings. The number of nitrogens with one attached hydrogen (secondary N) is 1. The number of nitrogens with zero attached hydrogens (tertiary/aromatic N) is 1. The number of carbonyl (C=O) groups excluding carboxylic acids is 1. The van der Waals surface area contributed by atoms with Crippen LogP contribution in [0.15, 0.2) is 18.3 Å². The van der Waals surface area contributed by atoms with Crippen molar-refractivity contribution in [1.29, 1.82) is 0 Å². The molecule has 1 aromatic rings. The number of primary amides is 1. The number of hydrogen-bond acceptors (Lipinski definition) is 3. The molecule has 5 N–H and O–H groups in total. The fourth-order valence-electron chi connectivity index (χ4n) is 0.656. The van der Waals surface area contributed by atoms with E-state index in [9.17, 15) is 4.79 Å². The van der Waals surface area contributed by atoms with Gasteiger partial charge in [0.05, 0.1) is 5.69 Å². The molecular formula is C6H8N4O. The fourth-order valence-corrected chi connectivity index (χ4v) is 0.656. The maximum atomic E-state index is 10.3. The Morgan fingerprint density at radius 3 is 2.91 bits per heavy atom. The first-order valence-corrected chi connectivity index (χ1v) is 2.97. The van der Waals surface area contributed by atoms with Gasteiger partial charge in [0, 0.05) is 6.20 Å². The fraction of sp³-hybridized carbons (Fsp3) is 0. The molecule has 0 bridgehead atoms. The van der Waals surface area contributed by atoms with Crippen molar-refractivity contribution in [2.45, 2.75) is 0 Å². The van der Waals surface area contributed by atoms with Crippen molar-refractivity contribution in [2.75, 3.05) is 11.1 Å². The molecule has 0 fully saturated rings. The minimum atomic E-state index is -0.648. The normalized spacial score (nSPS) is 9.09. The first-order chi connectivity index (χ1) is 5.20. The number of pyridine rings is 1. The number of urea groups is 1. The summed E-state index contributed by atoms with van der Waals surface area (Å²) < 4.78 is 0. The van der Waals surface area contributed by atoms with Gasteiger partial charge in [-0.25, -0.2) is 9.78 Å². The molecule has 0 saturated heterocycles. The summed E-state index contributed by atoms with van der Waals surface area (Å²) in [5.41, 5.74) is 10.7. The molecule has 0 radical (unpaired) electrons. The second-order valence-electron chi connectivity index (χ2n) is 1.93. The lowest BCUT2D eigenvalue weighted by molar-refractivity contribution is 0.259. The quantitative estimate of drug-likeness (QED) is 0.534. The van der Waals surface area contributed by atoms with Crippen LogP contribution in [0.4, 0.5) is 16.3 Å². The molecule has 0 saturated carbocycles. The Morgan fingerprint density at radius 1 is 1.64 bits per heavy atom. The van der Waals surface area contributed by atoms with Gasteiger partial charge in [-0.15, -0.1) is 0 Å². The number of anilines is 2. The van der Waals surface area contributed by atoms with Gasteiger partial charge in [-0.05, 0) is 12.1 Å². The summed E-state index contributed by atoms with van der Waals surface area (Å²) in [4.78, 5) is 14.1. The highest BCUT2D eigenvalue weighted by atomic mass is 16.2. The van der Waals surface area contributed by atoms with Gasteiger partial charge < -0.3 is 16.8 Å².